The van der Waals surface area contributed by atoms with Crippen LogP contribution in [0.3, 0.4) is 0 Å². The molecule has 6 heterocycles. The Hall–Kier alpha value is -10.8. The lowest BCUT2D eigenvalue weighted by molar-refractivity contribution is 0.634. The molecule has 0 N–H and O–H groups in total. The number of thiophene rings is 2. The third-order valence-electron chi connectivity index (χ3n) is 19.2. The van der Waals surface area contributed by atoms with Crippen LogP contribution in [-0.2, 0) is 10.8 Å². The maximum absolute atomic E-state index is 2.61. The van der Waals surface area contributed by atoms with Crippen molar-refractivity contribution in [3.63, 3.8) is 0 Å². The normalized spacial score (nSPS) is 14.0. The lowest BCUT2D eigenvalue weighted by atomic mass is 9.53. The van der Waals surface area contributed by atoms with E-state index in [1.165, 1.54) is 130 Å². The highest BCUT2D eigenvalue weighted by atomic mass is 32.1. The number of rotatable bonds is 6. The van der Waals surface area contributed by atoms with Crippen molar-refractivity contribution in [3.05, 3.63) is 359 Å². The Balaban J connectivity index is 0.910. The zero-order chi connectivity index (χ0) is 57.7. The Morgan fingerprint density at radius 3 is 0.818 bits per heavy atom. The van der Waals surface area contributed by atoms with Crippen molar-refractivity contribution in [2.24, 2.45) is 0 Å². The van der Waals surface area contributed by atoms with E-state index < -0.39 is 10.8 Å². The predicted octanol–water partition coefficient (Wildman–Crippen LogP) is 22.0. The minimum atomic E-state index is -0.766. The monoisotopic (exact) mass is 1160 g/mol. The summed E-state index contributed by atoms with van der Waals surface area (Å²) in [6.07, 6.45) is 0. The van der Waals surface area contributed by atoms with Gasteiger partial charge in [0.2, 0.25) is 0 Å². The molecule has 0 radical (unpaired) electrons. The minimum Gasteiger partial charge on any atom is -0.310 e. The van der Waals surface area contributed by atoms with E-state index in [9.17, 15) is 0 Å². The average Bonchev–Trinajstić information content (AvgIpc) is 1.41. The third kappa shape index (κ3) is 6.68. The van der Waals surface area contributed by atoms with Crippen LogP contribution in [0, 0.1) is 0 Å². The number of nitrogens with zero attached hydrogens (tertiary/aromatic N) is 4. The van der Waals surface area contributed by atoms with Gasteiger partial charge in [-0.1, -0.05) is 206 Å². The quantitative estimate of drug-likeness (QED) is 0.165. The van der Waals surface area contributed by atoms with Crippen molar-refractivity contribution in [3.8, 4) is 32.3 Å². The van der Waals surface area contributed by atoms with Gasteiger partial charge in [0.15, 0.2) is 0 Å². The van der Waals surface area contributed by atoms with E-state index in [1.54, 1.807) is 0 Å². The van der Waals surface area contributed by atoms with Gasteiger partial charge in [0.1, 0.15) is 0 Å². The molecule has 2 aliphatic heterocycles. The maximum Gasteiger partial charge on any atom is 0.0850 e. The molecule has 0 atom stereocenters. The Kier molecular flexibility index (Phi) is 10.6. The molecule has 0 saturated heterocycles. The summed E-state index contributed by atoms with van der Waals surface area (Å²) in [4.78, 5) is 10.1. The molecule has 0 bridgehead atoms. The van der Waals surface area contributed by atoms with E-state index in [0.29, 0.717) is 0 Å². The summed E-state index contributed by atoms with van der Waals surface area (Å²) in [6, 6.07) is 118. The van der Waals surface area contributed by atoms with Crippen molar-refractivity contribution in [1.29, 1.82) is 0 Å². The van der Waals surface area contributed by atoms with Crippen LogP contribution in [0.25, 0.3) is 75.9 Å². The molecule has 2 spiro atoms. The van der Waals surface area contributed by atoms with Crippen molar-refractivity contribution in [2.75, 3.05) is 9.80 Å². The van der Waals surface area contributed by atoms with Gasteiger partial charge < -0.3 is 18.9 Å². The number of hydrogen-bond acceptors (Lipinski definition) is 4. The summed E-state index contributed by atoms with van der Waals surface area (Å²) in [5.41, 5.74) is 22.6. The maximum atomic E-state index is 2.61. The Bertz CT molecular complexity index is 4880. The molecule has 0 unspecified atom stereocenters. The van der Waals surface area contributed by atoms with E-state index in [0.717, 1.165) is 22.7 Å². The SMILES string of the molecule is c1ccc(N2c3ccccc3C3(c4ccccc42)c2cc(-c4ccc(-n5c6ccccc6c6ccccc65)cc4)sc2C2(c4ccccc4N(c4ccccc4)c4ccccc42)c2cc(-c4ccc(-n5c6ccccc6c6ccccc65)cc4)sc23)cc1. The molecule has 12 aromatic carbocycles. The number of benzene rings is 12. The standard InChI is InChI=1S/C82H52N4S2/c1-3-23-55(24-4-1)85-73-39-19-11-31-63(73)81(64-32-12-20-40-74(64)85)67-51-77(53-43-47-57(48-44-53)83-69-35-15-7-27-59(69)60-28-8-16-36-70(60)83)88-80(67)82(65-33-13-21-41-75(65)86(56-25-5-2-6-26-56)76-42-22-14-34-66(76)82)68-52-78(87-79(68)81)54-45-49-58(50-46-54)84-71-37-17-9-29-61(71)62-30-10-18-38-72(62)84/h1-52H. The number of aromatic nitrogens is 2. The van der Waals surface area contributed by atoms with E-state index in [2.05, 4.69) is 334 Å². The second kappa shape index (κ2) is 18.9. The van der Waals surface area contributed by atoms with Crippen LogP contribution in [0.2, 0.25) is 0 Å². The zero-order valence-electron chi connectivity index (χ0n) is 47.6. The molecule has 4 aromatic heterocycles. The number of para-hydroxylation sites is 10. The highest BCUT2D eigenvalue weighted by molar-refractivity contribution is 7.17. The number of fused-ring (bicyclic) bond motifs is 20. The van der Waals surface area contributed by atoms with Gasteiger partial charge in [0.05, 0.1) is 55.6 Å². The first-order valence-electron chi connectivity index (χ1n) is 30.2. The average molecular weight is 1160 g/mol. The minimum absolute atomic E-state index is 0.766. The first-order chi connectivity index (χ1) is 43.7. The largest absolute Gasteiger partial charge is 0.310 e. The lowest BCUT2D eigenvalue weighted by Crippen LogP contribution is -2.47. The molecule has 1 aliphatic carbocycles. The number of hydrogen-bond donors (Lipinski definition) is 0. The molecular formula is C82H52N4S2. The lowest BCUT2D eigenvalue weighted by Gasteiger charge is -2.53. The van der Waals surface area contributed by atoms with Crippen molar-refractivity contribution in [1.82, 2.24) is 9.13 Å². The zero-order valence-corrected chi connectivity index (χ0v) is 49.3. The highest BCUT2D eigenvalue weighted by Gasteiger charge is 2.61. The fourth-order valence-corrected chi connectivity index (χ4v) is 18.6. The van der Waals surface area contributed by atoms with E-state index in [4.69, 9.17) is 0 Å². The van der Waals surface area contributed by atoms with Gasteiger partial charge in [0, 0.05) is 63.8 Å². The van der Waals surface area contributed by atoms with Crippen LogP contribution >= 0.6 is 22.7 Å². The molecule has 4 nitrogen and oxygen atoms in total. The molecule has 0 fully saturated rings. The van der Waals surface area contributed by atoms with Crippen molar-refractivity contribution >= 4 is 100 Å². The van der Waals surface area contributed by atoms with Gasteiger partial charge >= 0.3 is 0 Å². The Morgan fingerprint density at radius 2 is 0.500 bits per heavy atom. The molecule has 412 valence electrons. The summed E-state index contributed by atoms with van der Waals surface area (Å²) in [7, 11) is 0. The molecule has 0 saturated carbocycles. The van der Waals surface area contributed by atoms with Gasteiger partial charge in [0.25, 0.3) is 0 Å². The topological polar surface area (TPSA) is 16.3 Å². The third-order valence-corrected chi connectivity index (χ3v) is 21.8. The highest BCUT2D eigenvalue weighted by Crippen LogP contribution is 2.71. The second-order valence-corrected chi connectivity index (χ2v) is 25.6. The first-order valence-corrected chi connectivity index (χ1v) is 31.9. The van der Waals surface area contributed by atoms with Crippen LogP contribution in [0.5, 0.6) is 0 Å². The van der Waals surface area contributed by atoms with Gasteiger partial charge in [-0.25, -0.2) is 0 Å². The van der Waals surface area contributed by atoms with Crippen LogP contribution in [-0.4, -0.2) is 9.13 Å². The van der Waals surface area contributed by atoms with E-state index >= 15 is 0 Å². The van der Waals surface area contributed by atoms with Crippen LogP contribution in [0.1, 0.15) is 43.1 Å². The van der Waals surface area contributed by atoms with Gasteiger partial charge in [-0.3, -0.25) is 0 Å². The summed E-state index contributed by atoms with van der Waals surface area (Å²) in [5, 5.41) is 5.03. The predicted molar refractivity (Wildman–Crippen MR) is 368 cm³/mol. The van der Waals surface area contributed by atoms with Crippen molar-refractivity contribution < 1.29 is 0 Å². The molecule has 16 aromatic rings. The van der Waals surface area contributed by atoms with Gasteiger partial charge in [-0.15, -0.1) is 22.7 Å². The van der Waals surface area contributed by atoms with Crippen LogP contribution in [0.15, 0.2) is 315 Å². The molecule has 0 amide bonds. The van der Waals surface area contributed by atoms with Crippen LogP contribution < -0.4 is 9.80 Å². The first kappa shape index (κ1) is 49.5. The summed E-state index contributed by atoms with van der Waals surface area (Å²) in [5.74, 6) is 0. The smallest absolute Gasteiger partial charge is 0.0850 e. The van der Waals surface area contributed by atoms with Gasteiger partial charge in [-0.2, -0.15) is 0 Å². The summed E-state index contributed by atoms with van der Waals surface area (Å²) < 4.78 is 4.85. The molecular weight excluding hydrogens is 1110 g/mol. The fraction of sp³-hybridized carbons (Fsp3) is 0.0244. The Labute approximate surface area is 517 Å². The molecule has 6 heteroatoms. The van der Waals surface area contributed by atoms with Crippen molar-refractivity contribution in [2.45, 2.75) is 10.8 Å². The molecule has 19 rings (SSSR count). The summed E-state index contributed by atoms with van der Waals surface area (Å²) >= 11 is 3.95. The van der Waals surface area contributed by atoms with E-state index in [1.807, 2.05) is 22.7 Å². The van der Waals surface area contributed by atoms with Crippen LogP contribution in [0.4, 0.5) is 34.1 Å². The Morgan fingerprint density at radius 1 is 0.227 bits per heavy atom. The molecule has 88 heavy (non-hydrogen) atoms. The fourth-order valence-electron chi connectivity index (χ4n) is 15.6. The van der Waals surface area contributed by atoms with E-state index in [-0.39, 0.29) is 0 Å². The second-order valence-electron chi connectivity index (χ2n) is 23.5. The summed E-state index contributed by atoms with van der Waals surface area (Å²) in [6.45, 7) is 0. The van der Waals surface area contributed by atoms with Gasteiger partial charge in [-0.05, 0) is 154 Å². The number of anilines is 6. The molecule has 3 aliphatic rings.